The molecule has 0 radical (unpaired) electrons. The first-order valence-electron chi connectivity index (χ1n) is 13.3. The van der Waals surface area contributed by atoms with E-state index in [-0.39, 0.29) is 23.9 Å². The SMILES string of the molecule is COc1cccc(C(=O)N[C@H]2C[C@@H](C(=O)N3CCN(c4ccccc4C#N)CC3)N(Cc3ccccc3)C2)c1. The number of hydrogen-bond donors (Lipinski definition) is 1. The second kappa shape index (κ2) is 12.0. The van der Waals surface area contributed by atoms with E-state index in [0.717, 1.165) is 11.3 Å². The molecule has 5 rings (SSSR count). The number of piperazine rings is 1. The largest absolute Gasteiger partial charge is 0.497 e. The van der Waals surface area contributed by atoms with Crippen molar-refractivity contribution < 1.29 is 14.3 Å². The molecule has 3 aromatic carbocycles. The molecule has 8 heteroatoms. The summed E-state index contributed by atoms with van der Waals surface area (Å²) >= 11 is 0. The van der Waals surface area contributed by atoms with Crippen molar-refractivity contribution in [3.63, 3.8) is 0 Å². The standard InChI is InChI=1S/C31H33N5O3/c1-39-27-12-7-11-24(18-27)30(37)33-26-19-29(36(22-26)21-23-8-3-2-4-9-23)31(38)35-16-14-34(15-17-35)28-13-6-5-10-25(28)20-32/h2-13,18,26,29H,14-17,19,21-22H2,1H3,(H,33,37)/t26-,29-/m0/s1. The number of para-hydroxylation sites is 1. The van der Waals surface area contributed by atoms with Crippen molar-refractivity contribution in [3.8, 4) is 11.8 Å². The van der Waals surface area contributed by atoms with E-state index in [1.165, 1.54) is 0 Å². The number of amides is 2. The third kappa shape index (κ3) is 6.05. The molecule has 2 aliphatic rings. The molecule has 0 aromatic heterocycles. The maximum Gasteiger partial charge on any atom is 0.251 e. The van der Waals surface area contributed by atoms with E-state index < -0.39 is 0 Å². The lowest BCUT2D eigenvalue weighted by molar-refractivity contribution is -0.136. The van der Waals surface area contributed by atoms with E-state index in [4.69, 9.17) is 4.74 Å². The molecule has 0 bridgehead atoms. The summed E-state index contributed by atoms with van der Waals surface area (Å²) in [6.07, 6.45) is 0.554. The van der Waals surface area contributed by atoms with Crippen molar-refractivity contribution in [2.45, 2.75) is 25.0 Å². The molecule has 2 atom stereocenters. The summed E-state index contributed by atoms with van der Waals surface area (Å²) < 4.78 is 5.27. The zero-order valence-corrected chi connectivity index (χ0v) is 22.1. The number of hydrogen-bond acceptors (Lipinski definition) is 6. The fourth-order valence-electron chi connectivity index (χ4n) is 5.51. The molecule has 1 N–H and O–H groups in total. The van der Waals surface area contributed by atoms with Gasteiger partial charge in [0.15, 0.2) is 0 Å². The van der Waals surface area contributed by atoms with Gasteiger partial charge in [-0.25, -0.2) is 0 Å². The predicted octanol–water partition coefficient (Wildman–Crippen LogP) is 3.29. The smallest absolute Gasteiger partial charge is 0.251 e. The van der Waals surface area contributed by atoms with Gasteiger partial charge in [-0.05, 0) is 42.3 Å². The summed E-state index contributed by atoms with van der Waals surface area (Å²) in [5, 5.41) is 12.6. The molecule has 0 spiro atoms. The molecular weight excluding hydrogens is 490 g/mol. The van der Waals surface area contributed by atoms with Crippen LogP contribution in [-0.4, -0.2) is 73.5 Å². The lowest BCUT2D eigenvalue weighted by Crippen LogP contribution is -2.53. The number of carbonyl (C=O) groups is 2. The monoisotopic (exact) mass is 523 g/mol. The number of anilines is 1. The van der Waals surface area contributed by atoms with E-state index in [2.05, 4.69) is 33.3 Å². The first-order chi connectivity index (χ1) is 19.1. The maximum atomic E-state index is 13.8. The van der Waals surface area contributed by atoms with Crippen LogP contribution < -0.4 is 15.0 Å². The van der Waals surface area contributed by atoms with Crippen molar-refractivity contribution in [1.82, 2.24) is 15.1 Å². The van der Waals surface area contributed by atoms with Crippen molar-refractivity contribution >= 4 is 17.5 Å². The number of rotatable bonds is 7. The highest BCUT2D eigenvalue weighted by Gasteiger charge is 2.40. The van der Waals surface area contributed by atoms with Crippen molar-refractivity contribution in [2.24, 2.45) is 0 Å². The summed E-state index contributed by atoms with van der Waals surface area (Å²) in [5.41, 5.74) is 3.23. The fourth-order valence-corrected chi connectivity index (χ4v) is 5.51. The molecule has 2 amide bonds. The summed E-state index contributed by atoms with van der Waals surface area (Å²) in [6, 6.07) is 26.6. The Bertz CT molecular complexity index is 1350. The zero-order valence-electron chi connectivity index (χ0n) is 22.1. The average Bonchev–Trinajstić information content (AvgIpc) is 3.38. The van der Waals surface area contributed by atoms with Gasteiger partial charge in [0.1, 0.15) is 11.8 Å². The van der Waals surface area contributed by atoms with Gasteiger partial charge in [0.05, 0.1) is 24.4 Å². The van der Waals surface area contributed by atoms with E-state index in [1.54, 1.807) is 31.4 Å². The minimum absolute atomic E-state index is 0.0947. The highest BCUT2D eigenvalue weighted by Crippen LogP contribution is 2.26. The number of ether oxygens (including phenoxy) is 1. The third-order valence-corrected chi connectivity index (χ3v) is 7.54. The van der Waals surface area contributed by atoms with Gasteiger partial charge in [-0.1, -0.05) is 48.5 Å². The van der Waals surface area contributed by atoms with Gasteiger partial charge in [0.2, 0.25) is 5.91 Å². The summed E-state index contributed by atoms with van der Waals surface area (Å²) in [7, 11) is 1.58. The van der Waals surface area contributed by atoms with Crippen LogP contribution in [0.1, 0.15) is 27.9 Å². The first kappa shape index (κ1) is 26.3. The average molecular weight is 524 g/mol. The minimum Gasteiger partial charge on any atom is -0.497 e. The number of nitrogens with zero attached hydrogens (tertiary/aromatic N) is 4. The molecule has 0 aliphatic carbocycles. The summed E-state index contributed by atoms with van der Waals surface area (Å²) in [4.78, 5) is 33.2. The number of methoxy groups -OCH3 is 1. The topological polar surface area (TPSA) is 88.9 Å². The number of carbonyl (C=O) groups excluding carboxylic acids is 2. The lowest BCUT2D eigenvalue weighted by Gasteiger charge is -2.38. The van der Waals surface area contributed by atoms with Crippen LogP contribution in [-0.2, 0) is 11.3 Å². The molecule has 0 saturated carbocycles. The Kier molecular flexibility index (Phi) is 8.09. The number of benzene rings is 3. The predicted molar refractivity (Wildman–Crippen MR) is 149 cm³/mol. The van der Waals surface area contributed by atoms with Crippen LogP contribution in [0.5, 0.6) is 5.75 Å². The van der Waals surface area contributed by atoms with Crippen LogP contribution in [0.3, 0.4) is 0 Å². The minimum atomic E-state index is -0.321. The fraction of sp³-hybridized carbons (Fsp3) is 0.323. The molecule has 39 heavy (non-hydrogen) atoms. The Balaban J connectivity index is 1.27. The molecule has 2 saturated heterocycles. The molecule has 0 unspecified atom stereocenters. The molecule has 2 heterocycles. The first-order valence-corrected chi connectivity index (χ1v) is 13.3. The van der Waals surface area contributed by atoms with E-state index >= 15 is 0 Å². The van der Waals surface area contributed by atoms with Gasteiger partial charge in [0, 0.05) is 50.9 Å². The van der Waals surface area contributed by atoms with Gasteiger partial charge < -0.3 is 19.9 Å². The molecule has 2 fully saturated rings. The van der Waals surface area contributed by atoms with Crippen LogP contribution in [0.25, 0.3) is 0 Å². The van der Waals surface area contributed by atoms with Gasteiger partial charge in [-0.2, -0.15) is 5.26 Å². The maximum absolute atomic E-state index is 13.8. The Morgan fingerprint density at radius 3 is 2.46 bits per heavy atom. The van der Waals surface area contributed by atoms with Gasteiger partial charge in [0.25, 0.3) is 5.91 Å². The lowest BCUT2D eigenvalue weighted by atomic mass is 10.1. The highest BCUT2D eigenvalue weighted by molar-refractivity contribution is 5.95. The van der Waals surface area contributed by atoms with Crippen molar-refractivity contribution in [1.29, 1.82) is 5.26 Å². The Morgan fingerprint density at radius 2 is 1.72 bits per heavy atom. The summed E-state index contributed by atoms with van der Waals surface area (Å²) in [5.74, 6) is 0.554. The highest BCUT2D eigenvalue weighted by atomic mass is 16.5. The van der Waals surface area contributed by atoms with Crippen LogP contribution in [0, 0.1) is 11.3 Å². The van der Waals surface area contributed by atoms with Gasteiger partial charge in [-0.15, -0.1) is 0 Å². The molecule has 8 nitrogen and oxygen atoms in total. The van der Waals surface area contributed by atoms with Crippen molar-refractivity contribution in [3.05, 3.63) is 95.6 Å². The van der Waals surface area contributed by atoms with E-state index in [1.807, 2.05) is 47.4 Å². The van der Waals surface area contributed by atoms with E-state index in [0.29, 0.717) is 62.6 Å². The summed E-state index contributed by atoms with van der Waals surface area (Å²) in [6.45, 7) is 3.76. The Labute approximate surface area is 229 Å². The molecule has 2 aliphatic heterocycles. The van der Waals surface area contributed by atoms with Crippen LogP contribution in [0.15, 0.2) is 78.9 Å². The molecule has 200 valence electrons. The third-order valence-electron chi connectivity index (χ3n) is 7.54. The molecular formula is C31H33N5O3. The number of nitrogens with one attached hydrogen (secondary N) is 1. The number of nitriles is 1. The quantitative estimate of drug-likeness (QED) is 0.511. The van der Waals surface area contributed by atoms with Gasteiger partial charge >= 0.3 is 0 Å². The normalized spacial score (nSPS) is 19.4. The van der Waals surface area contributed by atoms with Crippen molar-refractivity contribution in [2.75, 3.05) is 44.7 Å². The number of likely N-dealkylation sites (tertiary alicyclic amines) is 1. The van der Waals surface area contributed by atoms with Crippen LogP contribution >= 0.6 is 0 Å². The zero-order chi connectivity index (χ0) is 27.2. The second-order valence-corrected chi connectivity index (χ2v) is 10.0. The van der Waals surface area contributed by atoms with Gasteiger partial charge in [-0.3, -0.25) is 14.5 Å². The molecule has 3 aromatic rings. The van der Waals surface area contributed by atoms with Crippen LogP contribution in [0.4, 0.5) is 5.69 Å². The Morgan fingerprint density at radius 1 is 0.974 bits per heavy atom. The Hall–Kier alpha value is -4.35. The second-order valence-electron chi connectivity index (χ2n) is 10.0. The van der Waals surface area contributed by atoms with Crippen LogP contribution in [0.2, 0.25) is 0 Å². The van der Waals surface area contributed by atoms with E-state index in [9.17, 15) is 14.9 Å².